The summed E-state index contributed by atoms with van der Waals surface area (Å²) in [5.41, 5.74) is 7.46. The van der Waals surface area contributed by atoms with E-state index in [1.807, 2.05) is 18.2 Å². The largest absolute Gasteiger partial charge is 0.369 e. The first-order valence-corrected chi connectivity index (χ1v) is 11.5. The summed E-state index contributed by atoms with van der Waals surface area (Å²) in [6.07, 6.45) is 4.38. The topological polar surface area (TPSA) is 112 Å². The quantitative estimate of drug-likeness (QED) is 0.271. The number of hydrogen-bond acceptors (Lipinski definition) is 4. The fourth-order valence-electron chi connectivity index (χ4n) is 4.32. The molecule has 0 radical (unpaired) electrons. The molecule has 0 bridgehead atoms. The average Bonchev–Trinajstić information content (AvgIpc) is 2.77. The van der Waals surface area contributed by atoms with E-state index in [0.29, 0.717) is 13.0 Å². The first kappa shape index (κ1) is 23.1. The predicted octanol–water partition coefficient (Wildman–Crippen LogP) is 1.65. The molecule has 0 aromatic heterocycles. The fourth-order valence-corrected chi connectivity index (χ4v) is 4.32. The Balaban J connectivity index is 1.40. The van der Waals surface area contributed by atoms with Gasteiger partial charge in [0, 0.05) is 37.0 Å². The molecule has 31 heavy (non-hydrogen) atoms. The molecule has 1 fully saturated rings. The number of nitrogens with one attached hydrogen (secondary N) is 3. The smallest absolute Gasteiger partial charge is 0.225 e. The standard InChI is InChI=1S/C23H36N6O2/c1-2-25-23(26-11-5-6-12-29-13-9-17(10-14-29)22(24)31)27-16-18-15-21(30)28-20-8-4-3-7-19(18)20/h3-4,7-8,17-18H,2,5-6,9-16H2,1H3,(H2,24,31)(H,28,30)(H2,25,26,27). The maximum atomic E-state index is 12.0. The Morgan fingerprint density at radius 1 is 1.23 bits per heavy atom. The number of nitrogens with two attached hydrogens (primary N) is 1. The van der Waals surface area contributed by atoms with Gasteiger partial charge in [-0.3, -0.25) is 14.6 Å². The normalized spacial score (nSPS) is 20.1. The minimum Gasteiger partial charge on any atom is -0.369 e. The van der Waals surface area contributed by atoms with Crippen molar-refractivity contribution >= 4 is 23.5 Å². The average molecular weight is 429 g/mol. The van der Waals surface area contributed by atoms with Crippen molar-refractivity contribution in [3.8, 4) is 0 Å². The second-order valence-electron chi connectivity index (χ2n) is 8.41. The van der Waals surface area contributed by atoms with Gasteiger partial charge in [0.15, 0.2) is 5.96 Å². The van der Waals surface area contributed by atoms with E-state index in [1.165, 1.54) is 0 Å². The Bertz CT molecular complexity index is 773. The zero-order chi connectivity index (χ0) is 22.1. The number of hydrogen-bond donors (Lipinski definition) is 4. The van der Waals surface area contributed by atoms with Crippen LogP contribution in [-0.4, -0.2) is 61.9 Å². The van der Waals surface area contributed by atoms with Gasteiger partial charge in [-0.15, -0.1) is 0 Å². The fraction of sp³-hybridized carbons (Fsp3) is 0.609. The van der Waals surface area contributed by atoms with Crippen LogP contribution in [0.25, 0.3) is 0 Å². The van der Waals surface area contributed by atoms with Gasteiger partial charge in [-0.25, -0.2) is 0 Å². The van der Waals surface area contributed by atoms with Gasteiger partial charge in [0.2, 0.25) is 11.8 Å². The van der Waals surface area contributed by atoms with Crippen molar-refractivity contribution in [3.05, 3.63) is 29.8 Å². The highest BCUT2D eigenvalue weighted by Crippen LogP contribution is 2.31. The van der Waals surface area contributed by atoms with Gasteiger partial charge >= 0.3 is 0 Å². The van der Waals surface area contributed by atoms with Gasteiger partial charge in [0.05, 0.1) is 6.54 Å². The van der Waals surface area contributed by atoms with E-state index >= 15 is 0 Å². The van der Waals surface area contributed by atoms with Crippen LogP contribution >= 0.6 is 0 Å². The maximum Gasteiger partial charge on any atom is 0.225 e. The number of primary amides is 1. The van der Waals surface area contributed by atoms with E-state index in [4.69, 9.17) is 10.7 Å². The molecule has 3 rings (SSSR count). The van der Waals surface area contributed by atoms with E-state index in [-0.39, 0.29) is 23.7 Å². The molecule has 0 saturated carbocycles. The summed E-state index contributed by atoms with van der Waals surface area (Å²) < 4.78 is 0. The lowest BCUT2D eigenvalue weighted by atomic mass is 9.91. The number of nitrogens with zero attached hydrogens (tertiary/aromatic N) is 2. The number of unbranched alkanes of at least 4 members (excludes halogenated alkanes) is 1. The highest BCUT2D eigenvalue weighted by atomic mass is 16.2. The van der Waals surface area contributed by atoms with E-state index in [9.17, 15) is 9.59 Å². The minimum atomic E-state index is -0.156. The number of carbonyl (C=O) groups excluding carboxylic acids is 2. The van der Waals surface area contributed by atoms with Crippen molar-refractivity contribution in [3.63, 3.8) is 0 Å². The predicted molar refractivity (Wildman–Crippen MR) is 124 cm³/mol. The van der Waals surface area contributed by atoms with Crippen LogP contribution in [0, 0.1) is 5.92 Å². The highest BCUT2D eigenvalue weighted by Gasteiger charge is 2.25. The number of likely N-dealkylation sites (tertiary alicyclic amines) is 1. The minimum absolute atomic E-state index is 0.0525. The van der Waals surface area contributed by atoms with Crippen LogP contribution in [0.15, 0.2) is 29.3 Å². The van der Waals surface area contributed by atoms with Crippen molar-refractivity contribution in [1.82, 2.24) is 15.5 Å². The number of anilines is 1. The first-order chi connectivity index (χ1) is 15.1. The third-order valence-corrected chi connectivity index (χ3v) is 6.10. The Hall–Kier alpha value is -2.61. The highest BCUT2D eigenvalue weighted by molar-refractivity contribution is 5.94. The number of para-hydroxylation sites is 1. The summed E-state index contributed by atoms with van der Waals surface area (Å²) in [7, 11) is 0. The molecule has 170 valence electrons. The van der Waals surface area contributed by atoms with Crippen molar-refractivity contribution in [2.24, 2.45) is 16.6 Å². The van der Waals surface area contributed by atoms with Gasteiger partial charge in [-0.1, -0.05) is 18.2 Å². The zero-order valence-corrected chi connectivity index (χ0v) is 18.5. The molecule has 1 unspecified atom stereocenters. The van der Waals surface area contributed by atoms with Crippen LogP contribution in [0.2, 0.25) is 0 Å². The zero-order valence-electron chi connectivity index (χ0n) is 18.5. The Kier molecular flexibility index (Phi) is 8.70. The Morgan fingerprint density at radius 3 is 2.74 bits per heavy atom. The Labute approximate surface area is 185 Å². The molecule has 2 amide bonds. The van der Waals surface area contributed by atoms with Crippen molar-refractivity contribution in [1.29, 1.82) is 0 Å². The molecule has 2 aliphatic rings. The van der Waals surface area contributed by atoms with Crippen molar-refractivity contribution in [2.75, 3.05) is 44.6 Å². The lowest BCUT2D eigenvalue weighted by Crippen LogP contribution is -2.40. The molecule has 1 aromatic carbocycles. The summed E-state index contributed by atoms with van der Waals surface area (Å²) in [6.45, 7) is 7.25. The number of benzene rings is 1. The summed E-state index contributed by atoms with van der Waals surface area (Å²) >= 11 is 0. The van der Waals surface area contributed by atoms with Crippen LogP contribution in [-0.2, 0) is 9.59 Å². The molecule has 1 aromatic rings. The van der Waals surface area contributed by atoms with Crippen LogP contribution in [0.4, 0.5) is 5.69 Å². The molecule has 8 heteroatoms. The number of rotatable bonds is 9. The molecule has 0 aliphatic carbocycles. The van der Waals surface area contributed by atoms with Crippen molar-refractivity contribution in [2.45, 2.75) is 44.9 Å². The summed E-state index contributed by atoms with van der Waals surface area (Å²) in [4.78, 5) is 30.4. The van der Waals surface area contributed by atoms with Crippen LogP contribution in [0.5, 0.6) is 0 Å². The lowest BCUT2D eigenvalue weighted by Gasteiger charge is -2.30. The van der Waals surface area contributed by atoms with Gasteiger partial charge in [0.25, 0.3) is 0 Å². The van der Waals surface area contributed by atoms with Crippen LogP contribution in [0.3, 0.4) is 0 Å². The first-order valence-electron chi connectivity index (χ1n) is 11.5. The number of carbonyl (C=O) groups is 2. The molecular weight excluding hydrogens is 392 g/mol. The van der Waals surface area contributed by atoms with Gasteiger partial charge in [-0.2, -0.15) is 0 Å². The molecule has 1 saturated heterocycles. The molecular formula is C23H36N6O2. The van der Waals surface area contributed by atoms with Crippen LogP contribution < -0.4 is 21.7 Å². The van der Waals surface area contributed by atoms with E-state index in [1.54, 1.807) is 0 Å². The molecule has 5 N–H and O–H groups in total. The van der Waals surface area contributed by atoms with Gasteiger partial charge in [-0.05, 0) is 63.9 Å². The third-order valence-electron chi connectivity index (χ3n) is 6.10. The molecule has 2 heterocycles. The molecule has 8 nitrogen and oxygen atoms in total. The van der Waals surface area contributed by atoms with E-state index in [2.05, 4.69) is 33.8 Å². The second kappa shape index (κ2) is 11.7. The Morgan fingerprint density at radius 2 is 2.00 bits per heavy atom. The number of guanidine groups is 1. The number of piperidine rings is 1. The summed E-state index contributed by atoms with van der Waals surface area (Å²) in [6, 6.07) is 7.97. The monoisotopic (exact) mass is 428 g/mol. The number of amides is 2. The lowest BCUT2D eigenvalue weighted by molar-refractivity contribution is -0.123. The van der Waals surface area contributed by atoms with E-state index in [0.717, 1.165) is 75.6 Å². The molecule has 1 atom stereocenters. The van der Waals surface area contributed by atoms with Crippen LogP contribution in [0.1, 0.15) is 50.5 Å². The van der Waals surface area contributed by atoms with Crippen molar-refractivity contribution < 1.29 is 9.59 Å². The number of aliphatic imine (C=N–C) groups is 1. The summed E-state index contributed by atoms with van der Waals surface area (Å²) in [5.74, 6) is 0.851. The third kappa shape index (κ3) is 6.95. The summed E-state index contributed by atoms with van der Waals surface area (Å²) in [5, 5.41) is 9.65. The molecule has 0 spiro atoms. The SMILES string of the molecule is CCNC(=NCC1CC(=O)Nc2ccccc21)NCCCCN1CCC(C(N)=O)CC1. The second-order valence-corrected chi connectivity index (χ2v) is 8.41. The van der Waals surface area contributed by atoms with E-state index < -0.39 is 0 Å². The van der Waals surface area contributed by atoms with Gasteiger partial charge < -0.3 is 26.6 Å². The number of fused-ring (bicyclic) bond motifs is 1. The maximum absolute atomic E-state index is 12.0. The van der Waals surface area contributed by atoms with Gasteiger partial charge in [0.1, 0.15) is 0 Å². The molecule has 2 aliphatic heterocycles.